The van der Waals surface area contributed by atoms with E-state index in [-0.39, 0.29) is 168 Å². The Labute approximate surface area is 252 Å². The van der Waals surface area contributed by atoms with E-state index in [1.165, 1.54) is 0 Å². The molecule has 0 aliphatic heterocycles. The Morgan fingerprint density at radius 2 is 0.162 bits per heavy atom. The molecule has 37 heteroatoms. The van der Waals surface area contributed by atoms with Crippen LogP contribution < -0.4 is 57.5 Å². The molecule has 0 atom stereocenters. The Kier molecular flexibility index (Phi) is 1050. The van der Waals surface area contributed by atoms with Crippen LogP contribution in [0.3, 0.4) is 0 Å². The summed E-state index contributed by atoms with van der Waals surface area (Å²) in [4.78, 5) is 103. The van der Waals surface area contributed by atoms with Crippen LogP contribution in [-0.4, -0.2) is 195 Å². The van der Waals surface area contributed by atoms with E-state index in [1.54, 1.807) is 0 Å². The van der Waals surface area contributed by atoms with Gasteiger partial charge < -0.3 is 183 Å². The average Bonchev–Trinajstić information content (AvgIpc) is 1.41. The molecule has 0 aliphatic carbocycles. The van der Waals surface area contributed by atoms with Gasteiger partial charge in [-0.2, -0.15) is 0 Å². The summed E-state index contributed by atoms with van der Waals surface area (Å²) in [6.07, 6.45) is 0. The van der Waals surface area contributed by atoms with Crippen molar-refractivity contribution in [3.8, 4) is 0 Å². The van der Waals surface area contributed by atoms with Crippen LogP contribution in [0.15, 0.2) is 0 Å². The summed E-state index contributed by atoms with van der Waals surface area (Å²) < 4.78 is 0. The van der Waals surface area contributed by atoms with Crippen molar-refractivity contribution in [1.82, 2.24) is 0 Å². The second-order valence-corrected chi connectivity index (χ2v) is 4.50. The number of hydrogen-bond donors (Lipinski definition) is 0. The Morgan fingerprint density at radius 3 is 0.162 bits per heavy atom. The van der Waals surface area contributed by atoms with E-state index in [0.717, 1.165) is 0 Å². The van der Waals surface area contributed by atoms with Gasteiger partial charge in [0.15, 0.2) is 0 Å². The molecular formula is H36Al4O30Si3. The first kappa shape index (κ1) is 295. The third kappa shape index (κ3) is 19000. The van der Waals surface area contributed by atoms with Gasteiger partial charge in [0.1, 0.15) is 0 Å². The van der Waals surface area contributed by atoms with E-state index in [9.17, 15) is 0 Å². The van der Waals surface area contributed by atoms with Gasteiger partial charge in [0, 0.05) is 0 Å². The largest absolute Gasteiger partial charge is 3.00 e. The summed E-state index contributed by atoms with van der Waals surface area (Å²) in [5.41, 5.74) is 0. The summed E-state index contributed by atoms with van der Waals surface area (Å²) in [5, 5.41) is 0. The van der Waals surface area contributed by atoms with Crippen LogP contribution in [0, 0.1) is 0 Å². The van der Waals surface area contributed by atoms with Gasteiger partial charge in [-0.3, -0.25) is 0 Å². The van der Waals surface area contributed by atoms with E-state index in [4.69, 9.17) is 57.5 Å². The molecule has 0 spiro atoms. The summed E-state index contributed by atoms with van der Waals surface area (Å²) in [6, 6.07) is 0. The maximum Gasteiger partial charge on any atom is 3.00 e. The van der Waals surface area contributed by atoms with Crippen molar-refractivity contribution in [3.63, 3.8) is 0 Å². The van der Waals surface area contributed by atoms with E-state index in [0.29, 0.717) is 0 Å². The third-order valence-corrected chi connectivity index (χ3v) is 0. The first-order chi connectivity index (χ1) is 6.00. The maximum atomic E-state index is 8.58. The minimum atomic E-state index is -5.61. The van der Waals surface area contributed by atoms with Gasteiger partial charge in [-0.15, -0.1) is 0 Å². The molecule has 0 heterocycles. The van der Waals surface area contributed by atoms with Crippen LogP contribution >= 0.6 is 0 Å². The van der Waals surface area contributed by atoms with Gasteiger partial charge >= 0.3 is 69.4 Å². The molecule has 0 amide bonds. The minimum Gasteiger partial charge on any atom is -0.894 e. The Balaban J connectivity index is -0.00000000196. The molecule has 0 fully saturated rings. The number of hydrogen-bond acceptors (Lipinski definition) is 12. The summed E-state index contributed by atoms with van der Waals surface area (Å²) in [6.45, 7) is 0. The van der Waals surface area contributed by atoms with Crippen molar-refractivity contribution in [2.75, 3.05) is 0 Å². The molecule has 36 N–H and O–H groups in total. The van der Waals surface area contributed by atoms with Gasteiger partial charge in [-0.1, -0.05) is 0 Å². The molecule has 0 aromatic carbocycles. The van der Waals surface area contributed by atoms with Crippen LogP contribution in [-0.2, 0) is 0 Å². The average molecular weight is 708 g/mol. The molecule has 37 heavy (non-hydrogen) atoms. The maximum absolute atomic E-state index is 8.58. The summed E-state index contributed by atoms with van der Waals surface area (Å²) in [7, 11) is -16.8. The molecule has 0 aromatic rings. The van der Waals surface area contributed by atoms with Gasteiger partial charge in [0.25, 0.3) is 0 Å². The molecule has 0 aromatic heterocycles. The summed E-state index contributed by atoms with van der Waals surface area (Å²) in [5.74, 6) is 0. The van der Waals surface area contributed by atoms with Crippen molar-refractivity contribution in [2.24, 2.45) is 0 Å². The van der Waals surface area contributed by atoms with E-state index in [1.807, 2.05) is 0 Å². The standard InChI is InChI=1S/4Al.3O4Si.18H2O/c;;;;3*1-5(2,3)4;;;;;;;;;;;;;;;;;;/h;;;;;;;18*1H2/q4*+3;3*-4;;;;;;;;;;;;;;;;;;. The fourth-order valence-electron chi connectivity index (χ4n) is 0. The van der Waals surface area contributed by atoms with Gasteiger partial charge in [-0.05, 0) is 0 Å². The second-order valence-electron chi connectivity index (χ2n) is 1.50. The van der Waals surface area contributed by atoms with Crippen LogP contribution in [0.2, 0.25) is 0 Å². The van der Waals surface area contributed by atoms with Gasteiger partial charge in [-0.25, -0.2) is 0 Å². The zero-order valence-electron chi connectivity index (χ0n) is 17.7. The second kappa shape index (κ2) is 131. The molecule has 30 nitrogen and oxygen atoms in total. The smallest absolute Gasteiger partial charge is 0.894 e. The predicted molar refractivity (Wildman–Crippen MR) is 105 cm³/mol. The van der Waals surface area contributed by atoms with Crippen LogP contribution in [0.25, 0.3) is 0 Å². The molecule has 0 aliphatic rings. The van der Waals surface area contributed by atoms with E-state index < -0.39 is 27.1 Å². The fraction of sp³-hybridized carbons (Fsp3) is 0. The molecular weight excluding hydrogens is 672 g/mol. The fourth-order valence-corrected chi connectivity index (χ4v) is 0. The van der Waals surface area contributed by atoms with E-state index in [2.05, 4.69) is 0 Å². The van der Waals surface area contributed by atoms with Crippen LogP contribution in [0.1, 0.15) is 0 Å². The van der Waals surface area contributed by atoms with Crippen molar-refractivity contribution in [1.29, 1.82) is 0 Å². The Morgan fingerprint density at radius 1 is 0.162 bits per heavy atom. The minimum absolute atomic E-state index is 0. The monoisotopic (exact) mass is 708 g/mol. The van der Waals surface area contributed by atoms with Crippen LogP contribution in [0.4, 0.5) is 0 Å². The zero-order valence-corrected chi connectivity index (χ0v) is 25.3. The number of rotatable bonds is 0. The van der Waals surface area contributed by atoms with Crippen LogP contribution in [0.5, 0.6) is 0 Å². The van der Waals surface area contributed by atoms with Gasteiger partial charge in [0.05, 0.1) is 0 Å². The Hall–Kier alpha value is 1.58. The quantitative estimate of drug-likeness (QED) is 0.212. The molecule has 0 saturated heterocycles. The predicted octanol–water partition coefficient (Wildman–Crippen LogP) is -31.8. The summed E-state index contributed by atoms with van der Waals surface area (Å²) >= 11 is 0. The zero-order chi connectivity index (χ0) is 13.5. The van der Waals surface area contributed by atoms with Crippen molar-refractivity contribution in [2.45, 2.75) is 0 Å². The molecule has 0 rings (SSSR count). The normalized spacial score (nSPS) is 4.86. The SMILES string of the molecule is O.O.O.O.O.O.O.O.O.O.O.O.O.O.O.O.O.O.[Al+3].[Al+3].[Al+3].[Al+3].[O-][Si]([O-])([O-])[O-].[O-][Si]([O-])([O-])[O-].[O-][Si]([O-])([O-])[O-]. The Bertz CT molecular complexity index is 108. The third-order valence-electron chi connectivity index (χ3n) is 0. The van der Waals surface area contributed by atoms with Gasteiger partial charge in [0.2, 0.25) is 0 Å². The first-order valence-corrected chi connectivity index (χ1v) is 7.35. The van der Waals surface area contributed by atoms with Crippen molar-refractivity contribution in [3.05, 3.63) is 0 Å². The first-order valence-electron chi connectivity index (χ1n) is 2.45. The molecule has 0 unspecified atom stereocenters. The molecule has 0 saturated carbocycles. The van der Waals surface area contributed by atoms with E-state index >= 15 is 0 Å². The van der Waals surface area contributed by atoms with Crippen molar-refractivity contribution < 1.29 is 156 Å². The molecule has 240 valence electrons. The topological polar surface area (TPSA) is 844 Å². The molecule has 0 radical (unpaired) electrons. The van der Waals surface area contributed by atoms with Crippen molar-refractivity contribution >= 4 is 96.6 Å². The molecule has 0 bridgehead atoms.